The number of rotatable bonds is 5. The van der Waals surface area contributed by atoms with Gasteiger partial charge in [-0.1, -0.05) is 0 Å². The van der Waals surface area contributed by atoms with E-state index in [9.17, 15) is 19.3 Å². The number of hydrogen-bond acceptors (Lipinski definition) is 5. The number of esters is 1. The Labute approximate surface area is 115 Å². The maximum atomic E-state index is 13.7. The number of benzene rings is 1. The minimum absolute atomic E-state index is 0.226. The summed E-state index contributed by atoms with van der Waals surface area (Å²) < 4.78 is 18.2. The Kier molecular flexibility index (Phi) is 3.87. The maximum Gasteiger partial charge on any atom is 0.340 e. The Hall–Kier alpha value is -2.18. The summed E-state index contributed by atoms with van der Waals surface area (Å²) in [6, 6.07) is 1.95. The molecule has 0 heterocycles. The predicted molar refractivity (Wildman–Crippen MR) is 70.4 cm³/mol. The maximum absolute atomic E-state index is 13.7. The first kappa shape index (κ1) is 14.2. The van der Waals surface area contributed by atoms with E-state index in [1.54, 1.807) is 11.9 Å². The monoisotopic (exact) mass is 282 g/mol. The van der Waals surface area contributed by atoms with Gasteiger partial charge in [0.1, 0.15) is 11.5 Å². The molecule has 1 aliphatic rings. The van der Waals surface area contributed by atoms with Crippen molar-refractivity contribution in [1.82, 2.24) is 0 Å². The largest absolute Gasteiger partial charge is 0.465 e. The summed E-state index contributed by atoms with van der Waals surface area (Å²) in [4.78, 5) is 23.5. The number of carbonyl (C=O) groups excluding carboxylic acids is 1. The van der Waals surface area contributed by atoms with E-state index in [2.05, 4.69) is 4.74 Å². The van der Waals surface area contributed by atoms with E-state index in [0.717, 1.165) is 26.0 Å². The zero-order chi connectivity index (χ0) is 14.9. The van der Waals surface area contributed by atoms with Crippen molar-refractivity contribution in [2.75, 3.05) is 25.6 Å². The third-order valence-electron chi connectivity index (χ3n) is 3.31. The van der Waals surface area contributed by atoms with Gasteiger partial charge in [0, 0.05) is 13.6 Å². The van der Waals surface area contributed by atoms with Crippen LogP contribution in [0.5, 0.6) is 0 Å². The number of halogens is 1. The van der Waals surface area contributed by atoms with Gasteiger partial charge in [-0.05, 0) is 24.8 Å². The molecule has 0 radical (unpaired) electrons. The van der Waals surface area contributed by atoms with Gasteiger partial charge in [0.2, 0.25) is 0 Å². The lowest BCUT2D eigenvalue weighted by Crippen LogP contribution is -2.22. The van der Waals surface area contributed by atoms with Crippen LogP contribution in [0.1, 0.15) is 23.2 Å². The second kappa shape index (κ2) is 5.44. The van der Waals surface area contributed by atoms with Gasteiger partial charge in [-0.2, -0.15) is 0 Å². The molecule has 1 aromatic rings. The Balaban J connectivity index is 2.43. The quantitative estimate of drug-likeness (QED) is 0.471. The average molecular weight is 282 g/mol. The van der Waals surface area contributed by atoms with Crippen molar-refractivity contribution in [3.8, 4) is 0 Å². The zero-order valence-electron chi connectivity index (χ0n) is 11.3. The number of ether oxygens (including phenoxy) is 1. The van der Waals surface area contributed by atoms with Gasteiger partial charge in [-0.25, -0.2) is 9.18 Å². The van der Waals surface area contributed by atoms with Crippen LogP contribution < -0.4 is 4.90 Å². The van der Waals surface area contributed by atoms with Gasteiger partial charge < -0.3 is 9.64 Å². The molecule has 0 N–H and O–H groups in total. The molecule has 20 heavy (non-hydrogen) atoms. The molecule has 0 unspecified atom stereocenters. The molecule has 0 aromatic heterocycles. The highest BCUT2D eigenvalue weighted by molar-refractivity contribution is 5.92. The van der Waals surface area contributed by atoms with Crippen LogP contribution in [0, 0.1) is 21.8 Å². The first-order valence-corrected chi connectivity index (χ1v) is 6.21. The number of hydrogen-bond donors (Lipinski definition) is 0. The van der Waals surface area contributed by atoms with E-state index in [1.165, 1.54) is 6.07 Å². The average Bonchev–Trinajstić information content (AvgIpc) is 3.21. The third-order valence-corrected chi connectivity index (χ3v) is 3.31. The zero-order valence-corrected chi connectivity index (χ0v) is 11.3. The van der Waals surface area contributed by atoms with Crippen LogP contribution in [0.4, 0.5) is 15.8 Å². The Morgan fingerprint density at radius 3 is 2.70 bits per heavy atom. The molecule has 0 atom stereocenters. The van der Waals surface area contributed by atoms with E-state index < -0.39 is 16.7 Å². The topological polar surface area (TPSA) is 72.7 Å². The number of carbonyl (C=O) groups is 1. The molecule has 108 valence electrons. The van der Waals surface area contributed by atoms with Crippen molar-refractivity contribution in [2.45, 2.75) is 12.8 Å². The van der Waals surface area contributed by atoms with Crippen LogP contribution in [0.3, 0.4) is 0 Å². The van der Waals surface area contributed by atoms with Crippen molar-refractivity contribution < 1.29 is 18.8 Å². The summed E-state index contributed by atoms with van der Waals surface area (Å²) in [5, 5.41) is 11.0. The first-order chi connectivity index (χ1) is 9.43. The number of nitrogens with zero attached hydrogens (tertiary/aromatic N) is 2. The predicted octanol–water partition coefficient (Wildman–Crippen LogP) is 2.37. The molecule has 1 saturated carbocycles. The van der Waals surface area contributed by atoms with E-state index in [-0.39, 0.29) is 16.9 Å². The lowest BCUT2D eigenvalue weighted by molar-refractivity contribution is -0.384. The Morgan fingerprint density at radius 1 is 1.55 bits per heavy atom. The Bertz CT molecular complexity index is 558. The standard InChI is InChI=1S/C13H15FN2O4/c1-15(7-8-3-4-8)11-5-9(13(17)20-2)10(14)6-12(11)16(18)19/h5-6,8H,3-4,7H2,1-2H3. The number of nitro groups is 1. The molecule has 0 amide bonds. The van der Waals surface area contributed by atoms with Gasteiger partial charge in [-0.3, -0.25) is 10.1 Å². The van der Waals surface area contributed by atoms with Crippen LogP contribution >= 0.6 is 0 Å². The fourth-order valence-electron chi connectivity index (χ4n) is 2.06. The lowest BCUT2D eigenvalue weighted by atomic mass is 10.1. The van der Waals surface area contributed by atoms with Gasteiger partial charge >= 0.3 is 5.97 Å². The van der Waals surface area contributed by atoms with E-state index in [0.29, 0.717) is 12.5 Å². The van der Waals surface area contributed by atoms with Crippen LogP contribution in [-0.2, 0) is 4.74 Å². The van der Waals surface area contributed by atoms with Crippen LogP contribution in [0.2, 0.25) is 0 Å². The fraction of sp³-hybridized carbons (Fsp3) is 0.462. The lowest BCUT2D eigenvalue weighted by Gasteiger charge is -2.19. The Morgan fingerprint density at radius 2 is 2.20 bits per heavy atom. The molecular weight excluding hydrogens is 267 g/mol. The smallest absolute Gasteiger partial charge is 0.340 e. The van der Waals surface area contributed by atoms with Crippen molar-refractivity contribution in [3.63, 3.8) is 0 Å². The highest BCUT2D eigenvalue weighted by Gasteiger charge is 2.28. The fourth-order valence-corrected chi connectivity index (χ4v) is 2.06. The number of nitro benzene ring substituents is 1. The van der Waals surface area contributed by atoms with Crippen LogP contribution in [-0.4, -0.2) is 31.6 Å². The highest BCUT2D eigenvalue weighted by atomic mass is 19.1. The molecule has 1 aromatic carbocycles. The summed E-state index contributed by atoms with van der Waals surface area (Å²) >= 11 is 0. The first-order valence-electron chi connectivity index (χ1n) is 6.21. The second-order valence-corrected chi connectivity index (χ2v) is 4.89. The molecule has 0 aliphatic heterocycles. The highest BCUT2D eigenvalue weighted by Crippen LogP contribution is 2.35. The molecule has 0 bridgehead atoms. The van der Waals surface area contributed by atoms with Gasteiger partial charge in [0.05, 0.1) is 23.7 Å². The minimum Gasteiger partial charge on any atom is -0.465 e. The van der Waals surface area contributed by atoms with Gasteiger partial charge in [-0.15, -0.1) is 0 Å². The molecule has 7 heteroatoms. The molecule has 2 rings (SSSR count). The molecule has 0 saturated heterocycles. The summed E-state index contributed by atoms with van der Waals surface area (Å²) in [6.07, 6.45) is 2.17. The van der Waals surface area contributed by atoms with Crippen molar-refractivity contribution in [3.05, 3.63) is 33.6 Å². The summed E-state index contributed by atoms with van der Waals surface area (Å²) in [7, 11) is 2.83. The van der Waals surface area contributed by atoms with Crippen LogP contribution in [0.25, 0.3) is 0 Å². The molecule has 0 spiro atoms. The molecule has 6 nitrogen and oxygen atoms in total. The van der Waals surface area contributed by atoms with Crippen molar-refractivity contribution in [1.29, 1.82) is 0 Å². The van der Waals surface area contributed by atoms with Gasteiger partial charge in [0.15, 0.2) is 0 Å². The molecular formula is C13H15FN2O4. The van der Waals surface area contributed by atoms with Crippen molar-refractivity contribution in [2.24, 2.45) is 5.92 Å². The third kappa shape index (κ3) is 2.87. The summed E-state index contributed by atoms with van der Waals surface area (Å²) in [5.74, 6) is -1.29. The minimum atomic E-state index is -0.952. The van der Waals surface area contributed by atoms with E-state index in [1.807, 2.05) is 0 Å². The van der Waals surface area contributed by atoms with Crippen molar-refractivity contribution >= 4 is 17.3 Å². The molecule has 1 aliphatic carbocycles. The number of methoxy groups -OCH3 is 1. The second-order valence-electron chi connectivity index (χ2n) is 4.89. The summed E-state index contributed by atoms with van der Waals surface area (Å²) in [5.41, 5.74) is -0.419. The van der Waals surface area contributed by atoms with Gasteiger partial charge in [0.25, 0.3) is 5.69 Å². The number of anilines is 1. The van der Waals surface area contributed by atoms with E-state index in [4.69, 9.17) is 0 Å². The van der Waals surface area contributed by atoms with Crippen LogP contribution in [0.15, 0.2) is 12.1 Å². The van der Waals surface area contributed by atoms with E-state index >= 15 is 0 Å². The normalized spacial score (nSPS) is 13.9. The summed E-state index contributed by atoms with van der Waals surface area (Å²) in [6.45, 7) is 0.646. The molecule has 1 fully saturated rings. The SMILES string of the molecule is COC(=O)c1cc(N(C)CC2CC2)c([N+](=O)[O-])cc1F.